The van der Waals surface area contributed by atoms with Crippen molar-refractivity contribution < 1.29 is 19.1 Å². The Kier molecular flexibility index (Phi) is 7.88. The van der Waals surface area contributed by atoms with Crippen LogP contribution in [-0.4, -0.2) is 29.2 Å². The smallest absolute Gasteiger partial charge is 0.340 e. The van der Waals surface area contributed by atoms with Gasteiger partial charge in [0.15, 0.2) is 0 Å². The molecule has 1 heterocycles. The second kappa shape index (κ2) is 10.1. The van der Waals surface area contributed by atoms with Gasteiger partial charge in [-0.05, 0) is 64.3 Å². The van der Waals surface area contributed by atoms with Gasteiger partial charge in [0, 0.05) is 31.4 Å². The molecule has 0 saturated heterocycles. The Bertz CT molecular complexity index is 851. The first kappa shape index (κ1) is 22.5. The molecule has 2 aromatic rings. The van der Waals surface area contributed by atoms with Gasteiger partial charge in [0.25, 0.3) is 0 Å². The van der Waals surface area contributed by atoms with Crippen LogP contribution in [0, 0.1) is 13.8 Å². The highest BCUT2D eigenvalue weighted by Gasteiger charge is 2.22. The quantitative estimate of drug-likeness (QED) is 0.649. The van der Waals surface area contributed by atoms with Crippen LogP contribution in [0.25, 0.3) is 0 Å². The van der Waals surface area contributed by atoms with Gasteiger partial charge in [0.1, 0.15) is 5.75 Å². The summed E-state index contributed by atoms with van der Waals surface area (Å²) in [6, 6.07) is 7.73. The first-order valence-electron chi connectivity index (χ1n) is 10.1. The standard InChI is InChI=1S/C23H32N2O4/c1-7-28-23(27)22-16(4)20(25(6)17(22)5)12-13-21(26)24-14-18-8-10-19(11-9-18)29-15(2)3/h8-11,15H,7,12-14H2,1-6H3,(H,24,26). The largest absolute Gasteiger partial charge is 0.491 e. The van der Waals surface area contributed by atoms with E-state index in [1.165, 1.54) is 0 Å². The van der Waals surface area contributed by atoms with Crippen molar-refractivity contribution in [2.45, 2.75) is 60.1 Å². The fourth-order valence-electron chi connectivity index (χ4n) is 3.38. The average Bonchev–Trinajstić information content (AvgIpc) is 2.88. The molecule has 6 nitrogen and oxygen atoms in total. The van der Waals surface area contributed by atoms with Crippen molar-refractivity contribution in [3.8, 4) is 5.75 Å². The molecule has 0 fully saturated rings. The molecule has 1 aromatic heterocycles. The first-order valence-corrected chi connectivity index (χ1v) is 10.1. The van der Waals surface area contributed by atoms with Gasteiger partial charge >= 0.3 is 5.97 Å². The zero-order chi connectivity index (χ0) is 21.6. The third-order valence-corrected chi connectivity index (χ3v) is 4.93. The maximum Gasteiger partial charge on any atom is 0.340 e. The van der Waals surface area contributed by atoms with Crippen LogP contribution >= 0.6 is 0 Å². The number of nitrogens with one attached hydrogen (secondary N) is 1. The van der Waals surface area contributed by atoms with Gasteiger partial charge in [-0.2, -0.15) is 0 Å². The molecule has 0 aliphatic heterocycles. The van der Waals surface area contributed by atoms with E-state index in [1.54, 1.807) is 6.92 Å². The second-order valence-electron chi connectivity index (χ2n) is 7.40. The molecule has 0 aliphatic carbocycles. The molecule has 0 unspecified atom stereocenters. The predicted molar refractivity (Wildman–Crippen MR) is 113 cm³/mol. The molecule has 2 rings (SSSR count). The molecular weight excluding hydrogens is 368 g/mol. The average molecular weight is 401 g/mol. The summed E-state index contributed by atoms with van der Waals surface area (Å²) in [6.45, 7) is 10.4. The zero-order valence-electron chi connectivity index (χ0n) is 18.3. The Morgan fingerprint density at radius 2 is 1.79 bits per heavy atom. The molecule has 0 bridgehead atoms. The summed E-state index contributed by atoms with van der Waals surface area (Å²) < 4.78 is 12.8. The van der Waals surface area contributed by atoms with E-state index in [9.17, 15) is 9.59 Å². The summed E-state index contributed by atoms with van der Waals surface area (Å²) in [5, 5.41) is 2.95. The topological polar surface area (TPSA) is 69.6 Å². The lowest BCUT2D eigenvalue weighted by molar-refractivity contribution is -0.121. The van der Waals surface area contributed by atoms with Gasteiger partial charge in [-0.25, -0.2) is 4.79 Å². The highest BCUT2D eigenvalue weighted by Crippen LogP contribution is 2.23. The number of carbonyl (C=O) groups excluding carboxylic acids is 2. The van der Waals surface area contributed by atoms with Crippen molar-refractivity contribution in [2.75, 3.05) is 6.61 Å². The highest BCUT2D eigenvalue weighted by atomic mass is 16.5. The second-order valence-corrected chi connectivity index (χ2v) is 7.40. The maximum absolute atomic E-state index is 12.3. The number of rotatable bonds is 9. The number of hydrogen-bond donors (Lipinski definition) is 1. The number of hydrogen-bond acceptors (Lipinski definition) is 4. The van der Waals surface area contributed by atoms with Crippen molar-refractivity contribution in [1.29, 1.82) is 0 Å². The SMILES string of the molecule is CCOC(=O)c1c(C)c(CCC(=O)NCc2ccc(OC(C)C)cc2)n(C)c1C. The van der Waals surface area contributed by atoms with Crippen LogP contribution in [0.1, 0.15) is 60.1 Å². The first-order chi connectivity index (χ1) is 13.7. The summed E-state index contributed by atoms with van der Waals surface area (Å²) >= 11 is 0. The van der Waals surface area contributed by atoms with Crippen molar-refractivity contribution >= 4 is 11.9 Å². The Hall–Kier alpha value is -2.76. The number of benzene rings is 1. The number of ether oxygens (including phenoxy) is 2. The summed E-state index contributed by atoms with van der Waals surface area (Å²) in [6.07, 6.45) is 1.05. The van der Waals surface area contributed by atoms with E-state index < -0.39 is 0 Å². The van der Waals surface area contributed by atoms with E-state index in [2.05, 4.69) is 5.32 Å². The van der Waals surface area contributed by atoms with Crippen LogP contribution in [-0.2, 0) is 29.5 Å². The summed E-state index contributed by atoms with van der Waals surface area (Å²) in [7, 11) is 1.92. The van der Waals surface area contributed by atoms with Crippen LogP contribution in [0.15, 0.2) is 24.3 Å². The summed E-state index contributed by atoms with van der Waals surface area (Å²) in [5.41, 5.74) is 4.35. The zero-order valence-corrected chi connectivity index (χ0v) is 18.3. The lowest BCUT2D eigenvalue weighted by atomic mass is 10.1. The highest BCUT2D eigenvalue weighted by molar-refractivity contribution is 5.93. The molecule has 1 N–H and O–H groups in total. The Morgan fingerprint density at radius 3 is 2.38 bits per heavy atom. The molecule has 0 radical (unpaired) electrons. The van der Waals surface area contributed by atoms with Gasteiger partial charge in [0.2, 0.25) is 5.91 Å². The third kappa shape index (κ3) is 5.86. The van der Waals surface area contributed by atoms with E-state index in [0.29, 0.717) is 31.6 Å². The minimum absolute atomic E-state index is 0.0246. The minimum Gasteiger partial charge on any atom is -0.491 e. The van der Waals surface area contributed by atoms with Crippen LogP contribution in [0.5, 0.6) is 5.75 Å². The van der Waals surface area contributed by atoms with Crippen LogP contribution < -0.4 is 10.1 Å². The van der Waals surface area contributed by atoms with Crippen molar-refractivity contribution in [3.05, 3.63) is 52.3 Å². The molecular formula is C23H32N2O4. The van der Waals surface area contributed by atoms with E-state index in [0.717, 1.165) is 28.3 Å². The molecule has 0 aliphatic rings. The number of amides is 1. The molecule has 1 aromatic carbocycles. The van der Waals surface area contributed by atoms with Crippen molar-refractivity contribution in [1.82, 2.24) is 9.88 Å². The van der Waals surface area contributed by atoms with Crippen LogP contribution in [0.2, 0.25) is 0 Å². The maximum atomic E-state index is 12.3. The van der Waals surface area contributed by atoms with Gasteiger partial charge in [-0.3, -0.25) is 4.79 Å². The normalized spacial score (nSPS) is 10.9. The molecule has 29 heavy (non-hydrogen) atoms. The van der Waals surface area contributed by atoms with Crippen molar-refractivity contribution in [3.63, 3.8) is 0 Å². The molecule has 0 saturated carbocycles. The van der Waals surface area contributed by atoms with Crippen LogP contribution in [0.3, 0.4) is 0 Å². The molecule has 6 heteroatoms. The summed E-state index contributed by atoms with van der Waals surface area (Å²) in [4.78, 5) is 24.5. The number of esters is 1. The lowest BCUT2D eigenvalue weighted by Gasteiger charge is -2.11. The van der Waals surface area contributed by atoms with E-state index >= 15 is 0 Å². The van der Waals surface area contributed by atoms with Crippen molar-refractivity contribution in [2.24, 2.45) is 7.05 Å². The number of nitrogens with zero attached hydrogens (tertiary/aromatic N) is 1. The molecule has 1 amide bonds. The minimum atomic E-state index is -0.307. The third-order valence-electron chi connectivity index (χ3n) is 4.93. The Labute approximate surface area is 173 Å². The van der Waals surface area contributed by atoms with E-state index in [4.69, 9.17) is 9.47 Å². The summed E-state index contributed by atoms with van der Waals surface area (Å²) in [5.74, 6) is 0.490. The predicted octanol–water partition coefficient (Wildman–Crippen LogP) is 3.85. The number of carbonyl (C=O) groups is 2. The lowest BCUT2D eigenvalue weighted by Crippen LogP contribution is -2.23. The monoisotopic (exact) mass is 400 g/mol. The Morgan fingerprint density at radius 1 is 1.14 bits per heavy atom. The molecule has 0 atom stereocenters. The van der Waals surface area contributed by atoms with Gasteiger partial charge in [0.05, 0.1) is 18.3 Å². The van der Waals surface area contributed by atoms with Gasteiger partial charge in [-0.15, -0.1) is 0 Å². The van der Waals surface area contributed by atoms with Gasteiger partial charge < -0.3 is 19.4 Å². The molecule has 158 valence electrons. The molecule has 0 spiro atoms. The Balaban J connectivity index is 1.92. The fraction of sp³-hybridized carbons (Fsp3) is 0.478. The van der Waals surface area contributed by atoms with Gasteiger partial charge in [-0.1, -0.05) is 12.1 Å². The van der Waals surface area contributed by atoms with E-state index in [1.807, 2.05) is 63.6 Å². The fourth-order valence-corrected chi connectivity index (χ4v) is 3.38. The van der Waals surface area contributed by atoms with Crippen LogP contribution in [0.4, 0.5) is 0 Å². The van der Waals surface area contributed by atoms with E-state index in [-0.39, 0.29) is 18.0 Å². The number of aromatic nitrogens is 1.